The summed E-state index contributed by atoms with van der Waals surface area (Å²) >= 11 is 0. The van der Waals surface area contributed by atoms with Crippen molar-refractivity contribution in [2.45, 2.75) is 0 Å². The molecule has 0 aromatic carbocycles. The molecule has 0 amide bonds. The van der Waals surface area contributed by atoms with Crippen molar-refractivity contribution in [1.82, 2.24) is 0 Å². The Labute approximate surface area is 64.9 Å². The normalized spacial score (nSPS) is 12.0. The van der Waals surface area contributed by atoms with Gasteiger partial charge in [-0.15, -0.1) is 25.7 Å². The standard InChI is InChI=1S/C3H4S2.2C2H2/c1-2-4-5-3-1;2*1-2/h1-2H,3H2;2*1-2H. The van der Waals surface area contributed by atoms with Gasteiger partial charge in [-0.25, -0.2) is 0 Å². The molecule has 0 aromatic heterocycles. The van der Waals surface area contributed by atoms with Crippen LogP contribution in [-0.2, 0) is 0 Å². The van der Waals surface area contributed by atoms with Crippen LogP contribution in [0.3, 0.4) is 0 Å². The van der Waals surface area contributed by atoms with Gasteiger partial charge in [0.25, 0.3) is 0 Å². The maximum Gasteiger partial charge on any atom is 0.0229 e. The van der Waals surface area contributed by atoms with E-state index in [0.717, 1.165) is 0 Å². The molecule has 0 bridgehead atoms. The molecule has 0 fully saturated rings. The molecule has 0 aromatic rings. The molecular formula is C7H8S2. The summed E-state index contributed by atoms with van der Waals surface area (Å²) in [7, 11) is 3.69. The van der Waals surface area contributed by atoms with Crippen LogP contribution in [0.2, 0.25) is 0 Å². The molecule has 0 unspecified atom stereocenters. The van der Waals surface area contributed by atoms with Crippen LogP contribution in [0.4, 0.5) is 0 Å². The van der Waals surface area contributed by atoms with Crippen molar-refractivity contribution < 1.29 is 0 Å². The fourth-order valence-corrected chi connectivity index (χ4v) is 1.77. The molecule has 0 atom stereocenters. The number of terminal acetylenes is 2. The third-order valence-corrected chi connectivity index (χ3v) is 2.30. The van der Waals surface area contributed by atoms with Crippen LogP contribution in [0.1, 0.15) is 0 Å². The molecule has 48 valence electrons. The van der Waals surface area contributed by atoms with Crippen molar-refractivity contribution >= 4 is 21.6 Å². The van der Waals surface area contributed by atoms with E-state index in [0.29, 0.717) is 0 Å². The summed E-state index contributed by atoms with van der Waals surface area (Å²) < 4.78 is 0. The summed E-state index contributed by atoms with van der Waals surface area (Å²) in [6, 6.07) is 0. The monoisotopic (exact) mass is 156 g/mol. The Hall–Kier alpha value is -0.440. The lowest BCUT2D eigenvalue weighted by Crippen LogP contribution is -1.46. The van der Waals surface area contributed by atoms with E-state index in [4.69, 9.17) is 0 Å². The Bertz CT molecular complexity index is 88.0. The van der Waals surface area contributed by atoms with Gasteiger partial charge in [-0.2, -0.15) is 0 Å². The minimum absolute atomic E-state index is 1.20. The minimum Gasteiger partial charge on any atom is -0.124 e. The molecule has 1 rings (SSSR count). The largest absolute Gasteiger partial charge is 0.124 e. The smallest absolute Gasteiger partial charge is 0.0229 e. The first kappa shape index (κ1) is 11.4. The molecule has 0 saturated heterocycles. The summed E-state index contributed by atoms with van der Waals surface area (Å²) in [5, 5.41) is 2.12. The van der Waals surface area contributed by atoms with Crippen molar-refractivity contribution in [2.75, 3.05) is 5.75 Å². The van der Waals surface area contributed by atoms with Gasteiger partial charge in [-0.05, 0) is 5.41 Å². The molecule has 9 heavy (non-hydrogen) atoms. The van der Waals surface area contributed by atoms with E-state index in [-0.39, 0.29) is 0 Å². The van der Waals surface area contributed by atoms with Crippen molar-refractivity contribution in [3.05, 3.63) is 11.5 Å². The lowest BCUT2D eigenvalue weighted by atomic mass is 10.8. The Morgan fingerprint density at radius 1 is 1.11 bits per heavy atom. The topological polar surface area (TPSA) is 0 Å². The SMILES string of the molecule is C#C.C#C.C1=CSSC1. The molecule has 0 nitrogen and oxygen atoms in total. The van der Waals surface area contributed by atoms with Crippen LogP contribution in [0.25, 0.3) is 0 Å². The molecule has 1 aliphatic heterocycles. The van der Waals surface area contributed by atoms with Crippen molar-refractivity contribution in [2.24, 2.45) is 0 Å². The minimum atomic E-state index is 1.20. The average molecular weight is 156 g/mol. The zero-order valence-electron chi connectivity index (χ0n) is 4.99. The second-order valence-corrected chi connectivity index (χ2v) is 3.07. The predicted molar refractivity (Wildman–Crippen MR) is 49.0 cm³/mol. The maximum absolute atomic E-state index is 4.00. The molecular weight excluding hydrogens is 148 g/mol. The molecule has 0 N–H and O–H groups in total. The van der Waals surface area contributed by atoms with E-state index in [1.807, 2.05) is 21.6 Å². The molecule has 0 spiro atoms. The van der Waals surface area contributed by atoms with E-state index < -0.39 is 0 Å². The quantitative estimate of drug-likeness (QED) is 0.390. The van der Waals surface area contributed by atoms with Crippen molar-refractivity contribution in [1.29, 1.82) is 0 Å². The highest BCUT2D eigenvalue weighted by Gasteiger charge is 1.85. The van der Waals surface area contributed by atoms with Gasteiger partial charge in [-0.3, -0.25) is 0 Å². The van der Waals surface area contributed by atoms with Gasteiger partial charge >= 0.3 is 0 Å². The van der Waals surface area contributed by atoms with E-state index in [2.05, 4.69) is 37.2 Å². The van der Waals surface area contributed by atoms with Gasteiger partial charge in [0, 0.05) is 5.75 Å². The molecule has 2 heteroatoms. The molecule has 0 saturated carbocycles. The summed E-state index contributed by atoms with van der Waals surface area (Å²) in [5.41, 5.74) is 0. The number of hydrogen-bond donors (Lipinski definition) is 0. The van der Waals surface area contributed by atoms with Crippen LogP contribution in [0.15, 0.2) is 11.5 Å². The van der Waals surface area contributed by atoms with Gasteiger partial charge in [-0.1, -0.05) is 27.7 Å². The molecule has 1 heterocycles. The highest BCUT2D eigenvalue weighted by Crippen LogP contribution is 2.27. The highest BCUT2D eigenvalue weighted by atomic mass is 33.1. The summed E-state index contributed by atoms with van der Waals surface area (Å²) in [6.07, 6.45) is 18.2. The average Bonchev–Trinajstić information content (AvgIpc) is 2.51. The Balaban J connectivity index is 0. The van der Waals surface area contributed by atoms with Gasteiger partial charge in [0.1, 0.15) is 0 Å². The Morgan fingerprint density at radius 2 is 1.67 bits per heavy atom. The van der Waals surface area contributed by atoms with E-state index in [1.54, 1.807) is 0 Å². The Kier molecular flexibility index (Phi) is 19.8. The van der Waals surface area contributed by atoms with Gasteiger partial charge in [0.2, 0.25) is 0 Å². The third kappa shape index (κ3) is 11.2. The van der Waals surface area contributed by atoms with Crippen LogP contribution in [-0.4, -0.2) is 5.75 Å². The van der Waals surface area contributed by atoms with E-state index in [9.17, 15) is 0 Å². The Morgan fingerprint density at radius 3 is 1.78 bits per heavy atom. The van der Waals surface area contributed by atoms with E-state index in [1.165, 1.54) is 5.75 Å². The van der Waals surface area contributed by atoms with Gasteiger partial charge in [0.15, 0.2) is 0 Å². The maximum atomic E-state index is 4.00. The van der Waals surface area contributed by atoms with E-state index >= 15 is 0 Å². The van der Waals surface area contributed by atoms with Crippen molar-refractivity contribution in [3.8, 4) is 25.7 Å². The third-order valence-electron chi connectivity index (χ3n) is 0.384. The highest BCUT2D eigenvalue weighted by molar-refractivity contribution is 8.78. The van der Waals surface area contributed by atoms with Crippen molar-refractivity contribution in [3.63, 3.8) is 0 Å². The fourth-order valence-electron chi connectivity index (χ4n) is 0.196. The predicted octanol–water partition coefficient (Wildman–Crippen LogP) is 2.39. The summed E-state index contributed by atoms with van der Waals surface area (Å²) in [4.78, 5) is 0. The van der Waals surface area contributed by atoms with Crippen LogP contribution >= 0.6 is 21.6 Å². The first-order valence-corrected chi connectivity index (χ1v) is 4.48. The first-order valence-electron chi connectivity index (χ1n) is 2.10. The molecule has 0 radical (unpaired) electrons. The van der Waals surface area contributed by atoms with Gasteiger partial charge in [0.05, 0.1) is 0 Å². The zero-order chi connectivity index (χ0) is 7.54. The second-order valence-electron chi connectivity index (χ2n) is 0.753. The molecule has 0 aliphatic carbocycles. The van der Waals surface area contributed by atoms with Gasteiger partial charge < -0.3 is 0 Å². The van der Waals surface area contributed by atoms with Crippen LogP contribution in [0, 0.1) is 25.7 Å². The molecule has 1 aliphatic rings. The van der Waals surface area contributed by atoms with Crippen LogP contribution < -0.4 is 0 Å². The fraction of sp³-hybridized carbons (Fsp3) is 0.143. The lowest BCUT2D eigenvalue weighted by Gasteiger charge is -1.69. The summed E-state index contributed by atoms with van der Waals surface area (Å²) in [6.45, 7) is 0. The zero-order valence-corrected chi connectivity index (χ0v) is 6.62. The van der Waals surface area contributed by atoms with Crippen LogP contribution in [0.5, 0.6) is 0 Å². The summed E-state index contributed by atoms with van der Waals surface area (Å²) in [5.74, 6) is 1.20. The number of hydrogen-bond acceptors (Lipinski definition) is 2. The lowest BCUT2D eigenvalue weighted by molar-refractivity contribution is 1.85. The first-order chi connectivity index (χ1) is 4.50. The second kappa shape index (κ2) is 15.6. The number of rotatable bonds is 0.